The van der Waals surface area contributed by atoms with Gasteiger partial charge in [-0.05, 0) is 51.3 Å². The van der Waals surface area contributed by atoms with Gasteiger partial charge in [0.15, 0.2) is 5.79 Å². The molecule has 4 nitrogen and oxygen atoms in total. The molecule has 0 aromatic heterocycles. The average Bonchev–Trinajstić information content (AvgIpc) is 2.98. The van der Waals surface area contributed by atoms with E-state index in [0.717, 1.165) is 31.2 Å². The minimum atomic E-state index is -1.22. The van der Waals surface area contributed by atoms with Gasteiger partial charge >= 0.3 is 0 Å². The monoisotopic (exact) mass is 355 g/mol. The summed E-state index contributed by atoms with van der Waals surface area (Å²) in [5.41, 5.74) is 0.515. The van der Waals surface area contributed by atoms with E-state index >= 15 is 0 Å². The van der Waals surface area contributed by atoms with Crippen LogP contribution in [0.25, 0.3) is 0 Å². The summed E-state index contributed by atoms with van der Waals surface area (Å²) in [7, 11) is 0. The number of hydrogen-bond donors (Lipinski definition) is 1. The van der Waals surface area contributed by atoms with E-state index in [0.29, 0.717) is 13.2 Å². The molecule has 1 saturated heterocycles. The maximum atomic E-state index is 13.4. The smallest absolute Gasteiger partial charge is 0.168 e. The van der Waals surface area contributed by atoms with Crippen molar-refractivity contribution in [1.29, 1.82) is 0 Å². The van der Waals surface area contributed by atoms with Gasteiger partial charge in [-0.15, -0.1) is 4.72 Å². The van der Waals surface area contributed by atoms with Crippen molar-refractivity contribution in [3.05, 3.63) is 35.6 Å². The normalized spacial score (nSPS) is 24.2. The molecule has 6 heteroatoms. The topological polar surface area (TPSA) is 53.5 Å². The summed E-state index contributed by atoms with van der Waals surface area (Å²) in [6.45, 7) is 7.10. The van der Waals surface area contributed by atoms with Crippen LogP contribution >= 0.6 is 0 Å². The summed E-state index contributed by atoms with van der Waals surface area (Å²) in [5, 5.41) is 0. The predicted octanol–water partition coefficient (Wildman–Crippen LogP) is 3.39. The lowest BCUT2D eigenvalue weighted by molar-refractivity contribution is -0.186. The van der Waals surface area contributed by atoms with Gasteiger partial charge in [-0.2, -0.15) is 0 Å². The standard InChI is InChI=1S/C18H26FNO3S/c1-16(2,3)24(21)20-17(14-4-6-15(19)7-5-14)8-10-18(11-9-17)22-12-13-23-18/h4-7,20H,8-13H2,1-3H3. The number of ether oxygens (including phenoxy) is 2. The van der Waals surface area contributed by atoms with E-state index in [4.69, 9.17) is 9.47 Å². The Morgan fingerprint density at radius 1 is 1.04 bits per heavy atom. The van der Waals surface area contributed by atoms with E-state index in [2.05, 4.69) is 4.72 Å². The molecule has 1 heterocycles. The highest BCUT2D eigenvalue weighted by Crippen LogP contribution is 2.45. The molecule has 1 unspecified atom stereocenters. The van der Waals surface area contributed by atoms with Crippen LogP contribution in [0.1, 0.15) is 52.0 Å². The van der Waals surface area contributed by atoms with Gasteiger partial charge < -0.3 is 14.0 Å². The van der Waals surface area contributed by atoms with E-state index in [9.17, 15) is 8.94 Å². The molecule has 1 N–H and O–H groups in total. The molecule has 134 valence electrons. The van der Waals surface area contributed by atoms with Gasteiger partial charge in [0, 0.05) is 24.2 Å². The Hall–Kier alpha value is -0.660. The lowest BCUT2D eigenvalue weighted by Gasteiger charge is -2.45. The molecule has 3 rings (SSSR count). The van der Waals surface area contributed by atoms with Crippen LogP contribution in [0, 0.1) is 5.82 Å². The van der Waals surface area contributed by atoms with E-state index in [1.54, 1.807) is 12.1 Å². The van der Waals surface area contributed by atoms with Crippen LogP contribution in [0.4, 0.5) is 4.39 Å². The third kappa shape index (κ3) is 3.63. The SMILES string of the molecule is CC(C)(C)[S+]([O-])NC1(c2ccc(F)cc2)CCC2(CC1)OCCO2. The zero-order valence-corrected chi connectivity index (χ0v) is 15.4. The number of rotatable bonds is 3. The first-order chi connectivity index (χ1) is 11.2. The van der Waals surface area contributed by atoms with Gasteiger partial charge in [-0.1, -0.05) is 12.1 Å². The summed E-state index contributed by atoms with van der Waals surface area (Å²) in [6, 6.07) is 6.50. The fourth-order valence-electron chi connectivity index (χ4n) is 3.39. The van der Waals surface area contributed by atoms with Crippen molar-refractivity contribution < 1.29 is 18.4 Å². The molecule has 2 aliphatic rings. The van der Waals surface area contributed by atoms with Crippen LogP contribution in [0.2, 0.25) is 0 Å². The first kappa shape index (κ1) is 18.1. The molecule has 1 aromatic rings. The second kappa shape index (κ2) is 6.57. The van der Waals surface area contributed by atoms with Crippen molar-refractivity contribution in [3.8, 4) is 0 Å². The van der Waals surface area contributed by atoms with Gasteiger partial charge in [0.1, 0.15) is 10.6 Å². The first-order valence-electron chi connectivity index (χ1n) is 8.49. The van der Waals surface area contributed by atoms with E-state index in [-0.39, 0.29) is 10.6 Å². The average molecular weight is 355 g/mol. The van der Waals surface area contributed by atoms with Crippen LogP contribution in [-0.4, -0.2) is 28.3 Å². The molecule has 0 bridgehead atoms. The van der Waals surface area contributed by atoms with Crippen molar-refractivity contribution in [2.24, 2.45) is 0 Å². The van der Waals surface area contributed by atoms with Gasteiger partial charge in [-0.3, -0.25) is 0 Å². The number of hydrogen-bond acceptors (Lipinski definition) is 4. The van der Waals surface area contributed by atoms with Crippen molar-refractivity contribution in [2.45, 2.75) is 62.5 Å². The van der Waals surface area contributed by atoms with Crippen LogP contribution in [-0.2, 0) is 26.4 Å². The number of benzene rings is 1. The second-order valence-corrected chi connectivity index (χ2v) is 9.65. The van der Waals surface area contributed by atoms with E-state index in [1.165, 1.54) is 12.1 Å². The van der Waals surface area contributed by atoms with Crippen LogP contribution in [0.3, 0.4) is 0 Å². The molecular formula is C18H26FNO3S. The Kier molecular flexibility index (Phi) is 4.97. The van der Waals surface area contributed by atoms with Gasteiger partial charge in [0.05, 0.1) is 18.8 Å². The zero-order valence-electron chi connectivity index (χ0n) is 14.6. The summed E-state index contributed by atoms with van der Waals surface area (Å²) in [5.74, 6) is -0.755. The molecule has 24 heavy (non-hydrogen) atoms. The summed E-state index contributed by atoms with van der Waals surface area (Å²) in [6.07, 6.45) is 2.94. The summed E-state index contributed by atoms with van der Waals surface area (Å²) >= 11 is -1.22. The number of nitrogens with one attached hydrogen (secondary N) is 1. The fourth-order valence-corrected chi connectivity index (χ4v) is 4.38. The van der Waals surface area contributed by atoms with E-state index in [1.807, 2.05) is 20.8 Å². The van der Waals surface area contributed by atoms with Crippen molar-refractivity contribution >= 4 is 11.4 Å². The minimum absolute atomic E-state index is 0.263. The highest BCUT2D eigenvalue weighted by molar-refractivity contribution is 7.90. The zero-order chi connectivity index (χ0) is 17.4. The molecular weight excluding hydrogens is 329 g/mol. The highest BCUT2D eigenvalue weighted by Gasteiger charge is 2.50. The van der Waals surface area contributed by atoms with E-state index < -0.39 is 22.7 Å². The Labute approximate surface area is 146 Å². The van der Waals surface area contributed by atoms with Crippen LogP contribution in [0.5, 0.6) is 0 Å². The van der Waals surface area contributed by atoms with Crippen LogP contribution in [0.15, 0.2) is 24.3 Å². The molecule has 1 atom stereocenters. The predicted molar refractivity (Wildman–Crippen MR) is 92.2 cm³/mol. The third-order valence-corrected chi connectivity index (χ3v) is 6.61. The van der Waals surface area contributed by atoms with Crippen molar-refractivity contribution in [2.75, 3.05) is 13.2 Å². The minimum Gasteiger partial charge on any atom is -0.598 e. The Morgan fingerprint density at radius 3 is 2.08 bits per heavy atom. The first-order valence-corrected chi connectivity index (χ1v) is 9.63. The largest absolute Gasteiger partial charge is 0.598 e. The molecule has 1 aromatic carbocycles. The molecule has 1 aliphatic heterocycles. The highest BCUT2D eigenvalue weighted by atomic mass is 32.2. The fraction of sp³-hybridized carbons (Fsp3) is 0.667. The van der Waals surface area contributed by atoms with Gasteiger partial charge in [-0.25, -0.2) is 4.39 Å². The Bertz CT molecular complexity index is 557. The van der Waals surface area contributed by atoms with Gasteiger partial charge in [0.2, 0.25) is 0 Å². The summed E-state index contributed by atoms with van der Waals surface area (Å²) in [4.78, 5) is 0. The van der Waals surface area contributed by atoms with Crippen molar-refractivity contribution in [3.63, 3.8) is 0 Å². The number of halogens is 1. The van der Waals surface area contributed by atoms with Crippen LogP contribution < -0.4 is 4.72 Å². The quantitative estimate of drug-likeness (QED) is 0.845. The summed E-state index contributed by atoms with van der Waals surface area (Å²) < 4.78 is 40.7. The Morgan fingerprint density at radius 2 is 1.58 bits per heavy atom. The molecule has 1 saturated carbocycles. The molecule has 1 spiro atoms. The third-order valence-electron chi connectivity index (χ3n) is 4.92. The lowest BCUT2D eigenvalue weighted by Crippen LogP contribution is -2.55. The maximum absolute atomic E-state index is 13.4. The molecule has 0 amide bonds. The second-order valence-electron chi connectivity index (χ2n) is 7.68. The lowest BCUT2D eigenvalue weighted by atomic mass is 9.75. The molecule has 0 radical (unpaired) electrons. The molecule has 1 aliphatic carbocycles. The maximum Gasteiger partial charge on any atom is 0.168 e. The molecule has 2 fully saturated rings. The van der Waals surface area contributed by atoms with Gasteiger partial charge in [0.25, 0.3) is 0 Å². The van der Waals surface area contributed by atoms with Crippen molar-refractivity contribution in [1.82, 2.24) is 4.72 Å². The Balaban J connectivity index is 1.86.